The summed E-state index contributed by atoms with van der Waals surface area (Å²) < 4.78 is 4.79. The monoisotopic (exact) mass is 255 g/mol. The van der Waals surface area contributed by atoms with Crippen LogP contribution >= 0.6 is 0 Å². The maximum atomic E-state index is 11.4. The summed E-state index contributed by atoms with van der Waals surface area (Å²) >= 11 is 0. The highest BCUT2D eigenvalue weighted by molar-refractivity contribution is 5.80. The van der Waals surface area contributed by atoms with Gasteiger partial charge in [0.25, 0.3) is 0 Å². The number of nitrogens with zero attached hydrogens (tertiary/aromatic N) is 2. The van der Waals surface area contributed by atoms with Crippen molar-refractivity contribution in [3.63, 3.8) is 0 Å². The van der Waals surface area contributed by atoms with Crippen LogP contribution in [0.2, 0.25) is 0 Å². The van der Waals surface area contributed by atoms with Gasteiger partial charge in [-0.15, -0.1) is 0 Å². The molecule has 0 aromatic heterocycles. The molecular weight excluding hydrogens is 230 g/mol. The number of aliphatic imine (C=N–C) groups is 1. The second kappa shape index (κ2) is 7.95. The van der Waals surface area contributed by atoms with Crippen LogP contribution in [0, 0.1) is 5.92 Å². The molecule has 0 unspecified atom stereocenters. The predicted molar refractivity (Wildman–Crippen MR) is 72.6 cm³/mol. The molecular formula is C13H25N3O2. The van der Waals surface area contributed by atoms with Crippen molar-refractivity contribution in [2.75, 3.05) is 33.8 Å². The van der Waals surface area contributed by atoms with Gasteiger partial charge in [-0.3, -0.25) is 9.79 Å². The van der Waals surface area contributed by atoms with Crippen LogP contribution in [0.3, 0.4) is 0 Å². The van der Waals surface area contributed by atoms with E-state index in [0.29, 0.717) is 0 Å². The molecule has 1 rings (SSSR count). The van der Waals surface area contributed by atoms with E-state index in [1.54, 1.807) is 7.05 Å². The molecule has 104 valence electrons. The van der Waals surface area contributed by atoms with Crippen LogP contribution in [0.15, 0.2) is 4.99 Å². The SMILES string of the molecule is CCCCNC(=NC)N1CCC(C(=O)OC)CC1. The second-order valence-corrected chi connectivity index (χ2v) is 4.61. The number of hydrogen-bond donors (Lipinski definition) is 1. The van der Waals surface area contributed by atoms with E-state index in [1.807, 2.05) is 0 Å². The van der Waals surface area contributed by atoms with E-state index in [9.17, 15) is 4.79 Å². The minimum atomic E-state index is -0.0800. The number of carbonyl (C=O) groups excluding carboxylic acids is 1. The molecule has 1 saturated heterocycles. The lowest BCUT2D eigenvalue weighted by Crippen LogP contribution is -2.46. The van der Waals surface area contributed by atoms with E-state index >= 15 is 0 Å². The number of likely N-dealkylation sites (tertiary alicyclic amines) is 1. The largest absolute Gasteiger partial charge is 0.469 e. The molecule has 0 spiro atoms. The molecule has 5 heteroatoms. The van der Waals surface area contributed by atoms with Gasteiger partial charge in [0.2, 0.25) is 0 Å². The van der Waals surface area contributed by atoms with Crippen LogP contribution < -0.4 is 5.32 Å². The summed E-state index contributed by atoms with van der Waals surface area (Å²) in [5, 5.41) is 3.36. The predicted octanol–water partition coefficient (Wildman–Crippen LogP) is 1.25. The fourth-order valence-corrected chi connectivity index (χ4v) is 2.20. The third kappa shape index (κ3) is 4.20. The molecule has 1 heterocycles. The zero-order chi connectivity index (χ0) is 13.4. The Morgan fingerprint density at radius 3 is 2.61 bits per heavy atom. The quantitative estimate of drug-likeness (QED) is 0.355. The molecule has 0 amide bonds. The van der Waals surface area contributed by atoms with Gasteiger partial charge in [0.1, 0.15) is 0 Å². The number of esters is 1. The molecule has 0 saturated carbocycles. The molecule has 0 atom stereocenters. The lowest BCUT2D eigenvalue weighted by molar-refractivity contribution is -0.146. The number of rotatable bonds is 4. The van der Waals surface area contributed by atoms with Crippen molar-refractivity contribution in [3.8, 4) is 0 Å². The third-order valence-corrected chi connectivity index (χ3v) is 3.35. The first-order valence-electron chi connectivity index (χ1n) is 6.76. The van der Waals surface area contributed by atoms with E-state index in [0.717, 1.165) is 44.9 Å². The molecule has 0 aromatic carbocycles. The van der Waals surface area contributed by atoms with Gasteiger partial charge in [-0.25, -0.2) is 0 Å². The molecule has 0 aromatic rings. The molecule has 1 N–H and O–H groups in total. The summed E-state index contributed by atoms with van der Waals surface area (Å²) in [6.45, 7) is 4.86. The number of ether oxygens (including phenoxy) is 1. The molecule has 18 heavy (non-hydrogen) atoms. The van der Waals surface area contributed by atoms with Crippen molar-refractivity contribution >= 4 is 11.9 Å². The number of guanidine groups is 1. The van der Waals surface area contributed by atoms with Crippen LogP contribution in [-0.2, 0) is 9.53 Å². The minimum absolute atomic E-state index is 0.0556. The number of hydrogen-bond acceptors (Lipinski definition) is 3. The maximum Gasteiger partial charge on any atom is 0.308 e. The highest BCUT2D eigenvalue weighted by Gasteiger charge is 2.26. The Morgan fingerprint density at radius 2 is 2.11 bits per heavy atom. The first kappa shape index (κ1) is 14.8. The Kier molecular flexibility index (Phi) is 6.54. The van der Waals surface area contributed by atoms with Gasteiger partial charge >= 0.3 is 5.97 Å². The topological polar surface area (TPSA) is 53.9 Å². The van der Waals surface area contributed by atoms with Gasteiger partial charge < -0.3 is 15.0 Å². The van der Waals surface area contributed by atoms with Crippen LogP contribution in [0.4, 0.5) is 0 Å². The van der Waals surface area contributed by atoms with Gasteiger partial charge in [-0.05, 0) is 19.3 Å². The van der Waals surface area contributed by atoms with Crippen molar-refractivity contribution in [3.05, 3.63) is 0 Å². The number of carbonyl (C=O) groups is 1. The molecule has 0 radical (unpaired) electrons. The summed E-state index contributed by atoms with van der Waals surface area (Å²) in [6.07, 6.45) is 4.02. The zero-order valence-corrected chi connectivity index (χ0v) is 11.7. The van der Waals surface area contributed by atoms with Gasteiger partial charge in [-0.2, -0.15) is 0 Å². The first-order chi connectivity index (χ1) is 8.72. The number of methoxy groups -OCH3 is 1. The zero-order valence-electron chi connectivity index (χ0n) is 11.7. The molecule has 0 aliphatic carbocycles. The molecule has 1 aliphatic rings. The summed E-state index contributed by atoms with van der Waals surface area (Å²) in [4.78, 5) is 17.9. The van der Waals surface area contributed by atoms with E-state index < -0.39 is 0 Å². The smallest absolute Gasteiger partial charge is 0.308 e. The standard InChI is InChI=1S/C13H25N3O2/c1-4-5-8-15-13(14-2)16-9-6-11(7-10-16)12(17)18-3/h11H,4-10H2,1-3H3,(H,14,15). The normalized spacial score (nSPS) is 17.7. The van der Waals surface area contributed by atoms with Gasteiger partial charge in [0, 0.05) is 26.7 Å². The van der Waals surface area contributed by atoms with Crippen LogP contribution in [0.1, 0.15) is 32.6 Å². The molecule has 1 aliphatic heterocycles. The van der Waals surface area contributed by atoms with Crippen LogP contribution in [0.5, 0.6) is 0 Å². The van der Waals surface area contributed by atoms with Crippen molar-refractivity contribution in [1.29, 1.82) is 0 Å². The lowest BCUT2D eigenvalue weighted by Gasteiger charge is -2.33. The Labute approximate surface area is 110 Å². The Morgan fingerprint density at radius 1 is 1.44 bits per heavy atom. The maximum absolute atomic E-state index is 11.4. The van der Waals surface area contributed by atoms with E-state index in [-0.39, 0.29) is 11.9 Å². The molecule has 0 bridgehead atoms. The van der Waals surface area contributed by atoms with Crippen LogP contribution in [0.25, 0.3) is 0 Å². The highest BCUT2D eigenvalue weighted by Crippen LogP contribution is 2.18. The summed E-state index contributed by atoms with van der Waals surface area (Å²) in [5.41, 5.74) is 0. The van der Waals surface area contributed by atoms with Gasteiger partial charge in [-0.1, -0.05) is 13.3 Å². The van der Waals surface area contributed by atoms with Gasteiger partial charge in [0.15, 0.2) is 5.96 Å². The van der Waals surface area contributed by atoms with Gasteiger partial charge in [0.05, 0.1) is 13.0 Å². The fraction of sp³-hybridized carbons (Fsp3) is 0.846. The minimum Gasteiger partial charge on any atom is -0.469 e. The number of unbranched alkanes of at least 4 members (excludes halogenated alkanes) is 1. The first-order valence-corrected chi connectivity index (χ1v) is 6.76. The van der Waals surface area contributed by atoms with Crippen molar-refractivity contribution in [2.45, 2.75) is 32.6 Å². The second-order valence-electron chi connectivity index (χ2n) is 4.61. The van der Waals surface area contributed by atoms with Crippen LogP contribution in [-0.4, -0.2) is 50.6 Å². The number of piperidine rings is 1. The Bertz CT molecular complexity index is 284. The van der Waals surface area contributed by atoms with E-state index in [2.05, 4.69) is 22.1 Å². The summed E-state index contributed by atoms with van der Waals surface area (Å²) in [7, 11) is 3.26. The summed E-state index contributed by atoms with van der Waals surface area (Å²) in [6, 6.07) is 0. The average molecular weight is 255 g/mol. The van der Waals surface area contributed by atoms with Crippen molar-refractivity contribution in [2.24, 2.45) is 10.9 Å². The Balaban J connectivity index is 2.38. The third-order valence-electron chi connectivity index (χ3n) is 3.35. The molecule has 5 nitrogen and oxygen atoms in total. The van der Waals surface area contributed by atoms with E-state index in [4.69, 9.17) is 4.74 Å². The lowest BCUT2D eigenvalue weighted by atomic mass is 9.97. The van der Waals surface area contributed by atoms with Crippen molar-refractivity contribution < 1.29 is 9.53 Å². The highest BCUT2D eigenvalue weighted by atomic mass is 16.5. The average Bonchev–Trinajstić information content (AvgIpc) is 2.43. The van der Waals surface area contributed by atoms with Crippen molar-refractivity contribution in [1.82, 2.24) is 10.2 Å². The summed E-state index contributed by atoms with van der Waals surface area (Å²) in [5.74, 6) is 0.926. The van der Waals surface area contributed by atoms with E-state index in [1.165, 1.54) is 13.5 Å². The fourth-order valence-electron chi connectivity index (χ4n) is 2.20. The Hall–Kier alpha value is -1.26. The number of nitrogens with one attached hydrogen (secondary N) is 1. The molecule has 1 fully saturated rings.